The van der Waals surface area contributed by atoms with Gasteiger partial charge in [-0.25, -0.2) is 4.21 Å². The lowest BCUT2D eigenvalue weighted by atomic mass is 10.8. The normalized spacial score (nSPS) is 12.8. The third-order valence-corrected chi connectivity index (χ3v) is 2.16. The van der Waals surface area contributed by atoms with E-state index in [1.54, 1.807) is 7.05 Å². The van der Waals surface area contributed by atoms with Gasteiger partial charge in [-0.15, -0.1) is 0 Å². The van der Waals surface area contributed by atoms with Crippen LogP contribution in [0.3, 0.4) is 0 Å². The fourth-order valence-electron chi connectivity index (χ4n) is 0.789. The molecule has 66 valence electrons. The van der Waals surface area contributed by atoms with Gasteiger partial charge in [0.05, 0.1) is 0 Å². The van der Waals surface area contributed by atoms with Crippen LogP contribution in [-0.2, 0) is 17.8 Å². The minimum atomic E-state index is -1.29. The molecule has 0 aliphatic rings. The first-order valence-corrected chi connectivity index (χ1v) is 4.59. The van der Waals surface area contributed by atoms with Crippen LogP contribution in [0.25, 0.3) is 0 Å². The van der Waals surface area contributed by atoms with Crippen LogP contribution in [-0.4, -0.2) is 24.9 Å². The smallest absolute Gasteiger partial charge is 0.358 e. The van der Waals surface area contributed by atoms with Crippen molar-refractivity contribution >= 4 is 16.6 Å². The molecule has 0 bridgehead atoms. The van der Waals surface area contributed by atoms with E-state index in [-0.39, 0.29) is 11.0 Å². The number of rotatable bonds is 2. The Morgan fingerprint density at radius 3 is 2.58 bits per heavy atom. The first kappa shape index (κ1) is 8.85. The molecule has 1 heterocycles. The van der Waals surface area contributed by atoms with Crippen LogP contribution in [0.5, 0.6) is 0 Å². The van der Waals surface area contributed by atoms with E-state index >= 15 is 0 Å². The number of nitrogens with zero attached hydrogens (tertiary/aromatic N) is 3. The molecule has 0 spiro atoms. The van der Waals surface area contributed by atoms with Gasteiger partial charge in [0.2, 0.25) is 0 Å². The standard InChI is InChI=1S/C5H7N3O3S/c1-7-3-4(8(9)10)6-5(7)12(2)11/h3H,1-2H3. The first-order valence-electron chi connectivity index (χ1n) is 3.03. The Bertz CT molecular complexity index is 346. The van der Waals surface area contributed by atoms with Crippen molar-refractivity contribution in [3.8, 4) is 0 Å². The van der Waals surface area contributed by atoms with Crippen molar-refractivity contribution in [1.29, 1.82) is 0 Å². The summed E-state index contributed by atoms with van der Waals surface area (Å²) in [7, 11) is 0.277. The summed E-state index contributed by atoms with van der Waals surface area (Å²) in [5.74, 6) is -0.275. The van der Waals surface area contributed by atoms with Gasteiger partial charge in [0.15, 0.2) is 0 Å². The van der Waals surface area contributed by atoms with Crippen LogP contribution >= 0.6 is 0 Å². The van der Waals surface area contributed by atoms with Gasteiger partial charge in [-0.05, 0) is 9.91 Å². The number of aromatic nitrogens is 2. The Balaban J connectivity index is 3.17. The predicted octanol–water partition coefficient (Wildman–Crippen LogP) is 0.0657. The molecule has 6 nitrogen and oxygen atoms in total. The Hall–Kier alpha value is -1.24. The van der Waals surface area contributed by atoms with Gasteiger partial charge in [-0.3, -0.25) is 4.57 Å². The molecule has 1 atom stereocenters. The summed E-state index contributed by atoms with van der Waals surface area (Å²) in [6, 6.07) is 0. The second kappa shape index (κ2) is 3.02. The van der Waals surface area contributed by atoms with Gasteiger partial charge in [0.25, 0.3) is 0 Å². The van der Waals surface area contributed by atoms with E-state index in [9.17, 15) is 14.3 Å². The number of hydrogen-bond donors (Lipinski definition) is 0. The molecule has 1 unspecified atom stereocenters. The van der Waals surface area contributed by atoms with Gasteiger partial charge >= 0.3 is 11.0 Å². The molecule has 0 amide bonds. The third-order valence-electron chi connectivity index (χ3n) is 1.27. The van der Waals surface area contributed by atoms with Gasteiger partial charge in [0, 0.05) is 13.3 Å². The molecular formula is C5H7N3O3S. The van der Waals surface area contributed by atoms with Crippen LogP contribution in [0.4, 0.5) is 5.82 Å². The summed E-state index contributed by atoms with van der Waals surface area (Å²) in [6.07, 6.45) is 2.66. The number of nitro groups is 1. The van der Waals surface area contributed by atoms with Crippen LogP contribution < -0.4 is 0 Å². The summed E-state index contributed by atoms with van der Waals surface area (Å²) in [6.45, 7) is 0. The van der Waals surface area contributed by atoms with Crippen molar-refractivity contribution in [1.82, 2.24) is 9.55 Å². The maximum Gasteiger partial charge on any atom is 0.383 e. The van der Waals surface area contributed by atoms with Gasteiger partial charge < -0.3 is 10.1 Å². The second-order valence-corrected chi connectivity index (χ2v) is 3.48. The van der Waals surface area contributed by atoms with E-state index < -0.39 is 15.7 Å². The summed E-state index contributed by atoms with van der Waals surface area (Å²) >= 11 is 0. The Labute approximate surface area is 70.8 Å². The fourth-order valence-corrected chi connectivity index (χ4v) is 1.47. The first-order chi connectivity index (χ1) is 5.52. The Kier molecular flexibility index (Phi) is 2.22. The molecule has 0 aliphatic heterocycles. The molecule has 0 saturated heterocycles. The van der Waals surface area contributed by atoms with Crippen molar-refractivity contribution in [3.63, 3.8) is 0 Å². The van der Waals surface area contributed by atoms with Gasteiger partial charge in [-0.2, -0.15) is 0 Å². The summed E-state index contributed by atoms with van der Waals surface area (Å²) in [5, 5.41) is 10.4. The summed E-state index contributed by atoms with van der Waals surface area (Å²) in [4.78, 5) is 13.2. The maximum absolute atomic E-state index is 10.9. The zero-order valence-electron chi connectivity index (χ0n) is 6.55. The average Bonchev–Trinajstić information content (AvgIpc) is 2.30. The van der Waals surface area contributed by atoms with Crippen LogP contribution in [0.2, 0.25) is 0 Å². The molecule has 7 heteroatoms. The van der Waals surface area contributed by atoms with Crippen LogP contribution in [0.15, 0.2) is 11.4 Å². The maximum atomic E-state index is 10.9. The quantitative estimate of drug-likeness (QED) is 0.487. The number of imidazole rings is 1. The fraction of sp³-hybridized carbons (Fsp3) is 0.400. The largest absolute Gasteiger partial charge is 0.383 e. The molecule has 12 heavy (non-hydrogen) atoms. The van der Waals surface area contributed by atoms with Crippen molar-refractivity contribution in [3.05, 3.63) is 16.3 Å². The van der Waals surface area contributed by atoms with Crippen molar-refractivity contribution < 1.29 is 9.13 Å². The van der Waals surface area contributed by atoms with Crippen molar-refractivity contribution in [2.75, 3.05) is 6.26 Å². The highest BCUT2D eigenvalue weighted by Crippen LogP contribution is 2.11. The molecule has 0 N–H and O–H groups in total. The predicted molar refractivity (Wildman–Crippen MR) is 42.2 cm³/mol. The van der Waals surface area contributed by atoms with Crippen molar-refractivity contribution in [2.45, 2.75) is 5.16 Å². The highest BCUT2D eigenvalue weighted by atomic mass is 32.2. The average molecular weight is 189 g/mol. The zero-order chi connectivity index (χ0) is 9.30. The van der Waals surface area contributed by atoms with E-state index in [1.165, 1.54) is 17.0 Å². The molecule has 1 aromatic rings. The molecule has 1 rings (SSSR count). The minimum absolute atomic E-state index is 0.210. The molecule has 0 aliphatic carbocycles. The zero-order valence-corrected chi connectivity index (χ0v) is 7.37. The molecule has 0 fully saturated rings. The van der Waals surface area contributed by atoms with Crippen LogP contribution in [0.1, 0.15) is 0 Å². The van der Waals surface area contributed by atoms with Crippen LogP contribution in [0, 0.1) is 10.1 Å². The number of hydrogen-bond acceptors (Lipinski definition) is 4. The molecule has 0 saturated carbocycles. The van der Waals surface area contributed by atoms with E-state index in [0.717, 1.165) is 0 Å². The number of aryl methyl sites for hydroxylation is 1. The lowest BCUT2D eigenvalue weighted by molar-refractivity contribution is -0.389. The van der Waals surface area contributed by atoms with E-state index in [1.807, 2.05) is 0 Å². The van der Waals surface area contributed by atoms with Crippen molar-refractivity contribution in [2.24, 2.45) is 7.05 Å². The second-order valence-electron chi connectivity index (χ2n) is 2.20. The summed E-state index contributed by atoms with van der Waals surface area (Å²) in [5.41, 5.74) is 0. The monoisotopic (exact) mass is 189 g/mol. The lowest BCUT2D eigenvalue weighted by Crippen LogP contribution is -1.97. The highest BCUT2D eigenvalue weighted by Gasteiger charge is 2.18. The molecule has 0 aromatic carbocycles. The molecule has 1 aromatic heterocycles. The van der Waals surface area contributed by atoms with E-state index in [2.05, 4.69) is 4.98 Å². The van der Waals surface area contributed by atoms with E-state index in [0.29, 0.717) is 0 Å². The SMILES string of the molecule is Cn1cc([N+](=O)[O-])nc1S(C)=O. The Morgan fingerprint density at radius 1 is 1.75 bits per heavy atom. The molecular weight excluding hydrogens is 182 g/mol. The topological polar surface area (TPSA) is 78.0 Å². The van der Waals surface area contributed by atoms with Gasteiger partial charge in [-0.1, -0.05) is 0 Å². The minimum Gasteiger partial charge on any atom is -0.358 e. The van der Waals surface area contributed by atoms with E-state index in [4.69, 9.17) is 0 Å². The Morgan fingerprint density at radius 2 is 2.33 bits per heavy atom. The third kappa shape index (κ3) is 1.50. The highest BCUT2D eigenvalue weighted by molar-refractivity contribution is 7.84. The van der Waals surface area contributed by atoms with Gasteiger partial charge in [0.1, 0.15) is 17.0 Å². The lowest BCUT2D eigenvalue weighted by Gasteiger charge is -1.87. The summed E-state index contributed by atoms with van der Waals surface area (Å²) < 4.78 is 12.3. The molecule has 0 radical (unpaired) electrons.